The lowest BCUT2D eigenvalue weighted by Gasteiger charge is -2.33. The van der Waals surface area contributed by atoms with E-state index in [4.69, 9.17) is 0 Å². The standard InChI is InChI=1S/C21H22FN5OS/c1-4-17-24-25-21-27(17)26-18(14-5-7-15(22)8-6-14)19(29-21)20(28)23-16-10-12(2)9-13(3)11-16/h5-11,18-19,26H,4H2,1-3H3,(H,23,28)/t18-,19-/m1/s1. The lowest BCUT2D eigenvalue weighted by molar-refractivity contribution is -0.116. The molecular weight excluding hydrogens is 389 g/mol. The number of benzene rings is 2. The molecule has 29 heavy (non-hydrogen) atoms. The molecule has 0 bridgehead atoms. The van der Waals surface area contributed by atoms with E-state index in [9.17, 15) is 9.18 Å². The van der Waals surface area contributed by atoms with Gasteiger partial charge in [-0.3, -0.25) is 4.79 Å². The van der Waals surface area contributed by atoms with Crippen LogP contribution in [-0.4, -0.2) is 26.0 Å². The number of halogens is 1. The number of hydrogen-bond acceptors (Lipinski definition) is 5. The first kappa shape index (κ1) is 19.4. The number of aromatic nitrogens is 3. The minimum atomic E-state index is -0.498. The van der Waals surface area contributed by atoms with E-state index in [0.717, 1.165) is 28.2 Å². The quantitative estimate of drug-likeness (QED) is 0.679. The predicted molar refractivity (Wildman–Crippen MR) is 112 cm³/mol. The van der Waals surface area contributed by atoms with E-state index in [0.29, 0.717) is 11.6 Å². The minimum absolute atomic E-state index is 0.144. The molecule has 0 unspecified atom stereocenters. The summed E-state index contributed by atoms with van der Waals surface area (Å²) in [6, 6.07) is 11.8. The Morgan fingerprint density at radius 1 is 1.17 bits per heavy atom. The van der Waals surface area contributed by atoms with Crippen molar-refractivity contribution in [1.29, 1.82) is 0 Å². The van der Waals surface area contributed by atoms with Crippen LogP contribution in [-0.2, 0) is 11.2 Å². The van der Waals surface area contributed by atoms with E-state index in [1.807, 2.05) is 37.6 Å². The van der Waals surface area contributed by atoms with Gasteiger partial charge in [-0.2, -0.15) is 0 Å². The number of anilines is 1. The molecule has 4 rings (SSSR count). The monoisotopic (exact) mass is 411 g/mol. The first-order valence-electron chi connectivity index (χ1n) is 9.46. The highest BCUT2D eigenvalue weighted by molar-refractivity contribution is 8.00. The van der Waals surface area contributed by atoms with Crippen LogP contribution in [0.25, 0.3) is 0 Å². The van der Waals surface area contributed by atoms with Gasteiger partial charge in [0.15, 0.2) is 5.82 Å². The molecule has 2 N–H and O–H groups in total. The summed E-state index contributed by atoms with van der Waals surface area (Å²) in [5.74, 6) is 0.328. The highest BCUT2D eigenvalue weighted by atomic mass is 32.2. The van der Waals surface area contributed by atoms with Gasteiger partial charge in [-0.05, 0) is 54.8 Å². The maximum atomic E-state index is 13.5. The number of aryl methyl sites for hydroxylation is 3. The Morgan fingerprint density at radius 2 is 1.86 bits per heavy atom. The van der Waals surface area contributed by atoms with Gasteiger partial charge >= 0.3 is 0 Å². The highest BCUT2D eigenvalue weighted by Crippen LogP contribution is 2.37. The molecule has 1 aromatic heterocycles. The molecule has 0 saturated carbocycles. The van der Waals surface area contributed by atoms with E-state index in [1.54, 1.807) is 12.1 Å². The fourth-order valence-electron chi connectivity index (χ4n) is 3.51. The number of fused-ring (bicyclic) bond motifs is 1. The Kier molecular flexibility index (Phi) is 5.27. The van der Waals surface area contributed by atoms with E-state index < -0.39 is 5.25 Å². The summed E-state index contributed by atoms with van der Waals surface area (Å²) in [6.45, 7) is 5.99. The Bertz CT molecular complexity index is 1030. The molecule has 2 aromatic carbocycles. The van der Waals surface area contributed by atoms with Crippen molar-refractivity contribution < 1.29 is 9.18 Å². The van der Waals surface area contributed by atoms with Crippen LogP contribution in [0, 0.1) is 19.7 Å². The second kappa shape index (κ2) is 7.87. The minimum Gasteiger partial charge on any atom is -0.325 e. The third-order valence-corrected chi connectivity index (χ3v) is 6.01. The van der Waals surface area contributed by atoms with Gasteiger partial charge in [0.25, 0.3) is 0 Å². The zero-order chi connectivity index (χ0) is 20.5. The number of carbonyl (C=O) groups is 1. The molecule has 0 fully saturated rings. The van der Waals surface area contributed by atoms with Crippen molar-refractivity contribution in [2.24, 2.45) is 0 Å². The summed E-state index contributed by atoms with van der Waals surface area (Å²) in [7, 11) is 0. The van der Waals surface area contributed by atoms with Gasteiger partial charge in [-0.1, -0.05) is 36.9 Å². The summed E-state index contributed by atoms with van der Waals surface area (Å²) < 4.78 is 15.3. The maximum Gasteiger partial charge on any atom is 0.240 e. The summed E-state index contributed by atoms with van der Waals surface area (Å²) in [4.78, 5) is 13.2. The third-order valence-electron chi connectivity index (χ3n) is 4.80. The van der Waals surface area contributed by atoms with E-state index >= 15 is 0 Å². The van der Waals surface area contributed by atoms with Gasteiger partial charge in [0.05, 0.1) is 6.04 Å². The van der Waals surface area contributed by atoms with Gasteiger partial charge in [-0.15, -0.1) is 10.2 Å². The van der Waals surface area contributed by atoms with Crippen LogP contribution >= 0.6 is 11.8 Å². The van der Waals surface area contributed by atoms with Crippen molar-refractivity contribution in [3.63, 3.8) is 0 Å². The van der Waals surface area contributed by atoms with E-state index in [1.165, 1.54) is 23.9 Å². The fourth-order valence-corrected chi connectivity index (χ4v) is 4.61. The number of nitrogens with one attached hydrogen (secondary N) is 2. The average molecular weight is 412 g/mol. The second-order valence-electron chi connectivity index (χ2n) is 7.15. The number of thioether (sulfide) groups is 1. The van der Waals surface area contributed by atoms with Crippen LogP contribution in [0.4, 0.5) is 10.1 Å². The van der Waals surface area contributed by atoms with Crippen molar-refractivity contribution in [3.8, 4) is 0 Å². The number of amides is 1. The van der Waals surface area contributed by atoms with Crippen molar-refractivity contribution in [3.05, 3.63) is 70.8 Å². The lowest BCUT2D eigenvalue weighted by atomic mass is 10.0. The Hall–Kier alpha value is -2.87. The van der Waals surface area contributed by atoms with E-state index in [2.05, 4.69) is 27.0 Å². The smallest absolute Gasteiger partial charge is 0.240 e. The summed E-state index contributed by atoms with van der Waals surface area (Å²) >= 11 is 1.36. The molecule has 0 saturated heterocycles. The normalized spacial score (nSPS) is 18.1. The molecule has 150 valence electrons. The van der Waals surface area contributed by atoms with Crippen LogP contribution in [0.3, 0.4) is 0 Å². The molecule has 6 nitrogen and oxygen atoms in total. The van der Waals surface area contributed by atoms with Gasteiger partial charge in [0, 0.05) is 12.1 Å². The van der Waals surface area contributed by atoms with Crippen molar-refractivity contribution >= 4 is 23.4 Å². The van der Waals surface area contributed by atoms with E-state index in [-0.39, 0.29) is 17.8 Å². The first-order chi connectivity index (χ1) is 13.9. The predicted octanol–water partition coefficient (Wildman–Crippen LogP) is 3.99. The van der Waals surface area contributed by atoms with Crippen LogP contribution in [0.15, 0.2) is 47.6 Å². The summed E-state index contributed by atoms with van der Waals surface area (Å²) in [6.07, 6.45) is 0.704. The zero-order valence-electron chi connectivity index (χ0n) is 16.4. The number of hydrogen-bond donors (Lipinski definition) is 2. The molecule has 0 radical (unpaired) electrons. The molecule has 3 aromatic rings. The molecule has 1 aliphatic rings. The molecule has 8 heteroatoms. The third kappa shape index (κ3) is 3.98. The van der Waals surface area contributed by atoms with Crippen LogP contribution in [0.1, 0.15) is 35.5 Å². The number of carbonyl (C=O) groups excluding carboxylic acids is 1. The molecular formula is C21H22FN5OS. The maximum absolute atomic E-state index is 13.5. The fraction of sp³-hybridized carbons (Fsp3) is 0.286. The summed E-state index contributed by atoms with van der Waals surface area (Å²) in [5.41, 5.74) is 7.10. The first-order valence-corrected chi connectivity index (χ1v) is 10.3. The van der Waals surface area contributed by atoms with Gasteiger partial charge < -0.3 is 10.7 Å². The molecule has 2 heterocycles. The molecule has 1 amide bonds. The average Bonchev–Trinajstić information content (AvgIpc) is 3.09. The van der Waals surface area contributed by atoms with Crippen LogP contribution < -0.4 is 10.7 Å². The SMILES string of the molecule is CCc1nnc2n1N[C@H](c1ccc(F)cc1)[C@H](C(=O)Nc1cc(C)cc(C)c1)S2. The molecule has 1 aliphatic heterocycles. The van der Waals surface area contributed by atoms with Gasteiger partial charge in [0.1, 0.15) is 11.1 Å². The van der Waals surface area contributed by atoms with Crippen LogP contribution in [0.5, 0.6) is 0 Å². The summed E-state index contributed by atoms with van der Waals surface area (Å²) in [5, 5.41) is 11.6. The second-order valence-corrected chi connectivity index (χ2v) is 8.26. The topological polar surface area (TPSA) is 71.8 Å². The Balaban J connectivity index is 1.67. The molecule has 0 spiro atoms. The zero-order valence-corrected chi connectivity index (χ0v) is 17.3. The molecule has 2 atom stereocenters. The number of nitrogens with zero attached hydrogens (tertiary/aromatic N) is 3. The highest BCUT2D eigenvalue weighted by Gasteiger charge is 2.37. The lowest BCUT2D eigenvalue weighted by Crippen LogP contribution is -2.41. The van der Waals surface area contributed by atoms with Crippen molar-refractivity contribution in [1.82, 2.24) is 14.9 Å². The Labute approximate surface area is 172 Å². The van der Waals surface area contributed by atoms with Gasteiger partial charge in [0.2, 0.25) is 11.1 Å². The van der Waals surface area contributed by atoms with Gasteiger partial charge in [-0.25, -0.2) is 9.07 Å². The van der Waals surface area contributed by atoms with Crippen LogP contribution in [0.2, 0.25) is 0 Å². The molecule has 0 aliphatic carbocycles. The number of rotatable bonds is 4. The van der Waals surface area contributed by atoms with Crippen molar-refractivity contribution in [2.45, 2.75) is 43.6 Å². The Morgan fingerprint density at radius 3 is 2.52 bits per heavy atom. The van der Waals surface area contributed by atoms with Crippen molar-refractivity contribution in [2.75, 3.05) is 10.7 Å². The largest absolute Gasteiger partial charge is 0.325 e.